The van der Waals surface area contributed by atoms with Gasteiger partial charge in [0.15, 0.2) is 15.2 Å². The van der Waals surface area contributed by atoms with Gasteiger partial charge in [-0.25, -0.2) is 9.78 Å². The van der Waals surface area contributed by atoms with Crippen LogP contribution in [0.1, 0.15) is 22.5 Å². The van der Waals surface area contributed by atoms with Crippen molar-refractivity contribution >= 4 is 34.0 Å². The second-order valence-electron chi connectivity index (χ2n) is 4.75. The Balaban J connectivity index is 2.11. The van der Waals surface area contributed by atoms with E-state index in [0.717, 1.165) is 31.1 Å². The highest BCUT2D eigenvalue weighted by Gasteiger charge is 2.25. The number of hydrogen-bond donors (Lipinski definition) is 0. The number of anilines is 1. The van der Waals surface area contributed by atoms with Gasteiger partial charge in [0.05, 0.1) is 7.11 Å². The van der Waals surface area contributed by atoms with E-state index >= 15 is 0 Å². The first-order valence-corrected chi connectivity index (χ1v) is 7.38. The molecule has 0 bridgehead atoms. The zero-order chi connectivity index (χ0) is 14.0. The van der Waals surface area contributed by atoms with Crippen molar-refractivity contribution in [2.75, 3.05) is 39.2 Å². The molecule has 0 unspecified atom stereocenters. The van der Waals surface area contributed by atoms with E-state index in [1.54, 1.807) is 0 Å². The normalized spacial score (nSPS) is 17.5. The van der Waals surface area contributed by atoms with Crippen LogP contribution in [0.25, 0.3) is 0 Å². The van der Waals surface area contributed by atoms with Gasteiger partial charge in [-0.15, -0.1) is 0 Å². The number of carbonyl (C=O) groups is 1. The van der Waals surface area contributed by atoms with Crippen molar-refractivity contribution in [3.63, 3.8) is 0 Å². The summed E-state index contributed by atoms with van der Waals surface area (Å²) in [5.74, 6) is -0.425. The maximum Gasteiger partial charge on any atom is 0.351 e. The largest absolute Gasteiger partial charge is 0.465 e. The number of hydrogen-bond acceptors (Lipinski definition) is 6. The Hall–Kier alpha value is -0.850. The molecule has 1 saturated heterocycles. The lowest BCUT2D eigenvalue weighted by molar-refractivity contribution is 0.0606. The number of ether oxygens (including phenoxy) is 1. The zero-order valence-electron chi connectivity index (χ0n) is 11.4. The molecule has 0 atom stereocenters. The molecule has 1 fully saturated rings. The molecule has 19 heavy (non-hydrogen) atoms. The summed E-state index contributed by atoms with van der Waals surface area (Å²) in [4.78, 5) is 20.6. The van der Waals surface area contributed by atoms with Crippen molar-refractivity contribution in [3.05, 3.63) is 10.0 Å². The quantitative estimate of drug-likeness (QED) is 0.800. The number of carbonyl (C=O) groups excluding carboxylic acids is 1. The molecule has 0 radical (unpaired) electrons. The van der Waals surface area contributed by atoms with Crippen LogP contribution in [0.4, 0.5) is 5.13 Å². The number of halogens is 1. The fourth-order valence-corrected chi connectivity index (χ4v) is 3.43. The smallest absolute Gasteiger partial charge is 0.351 e. The number of aromatic nitrogens is 1. The van der Waals surface area contributed by atoms with Crippen molar-refractivity contribution in [2.24, 2.45) is 0 Å². The number of piperidine rings is 1. The first-order valence-electron chi connectivity index (χ1n) is 6.19. The van der Waals surface area contributed by atoms with Crippen molar-refractivity contribution in [3.8, 4) is 0 Å². The van der Waals surface area contributed by atoms with Crippen LogP contribution in [-0.4, -0.2) is 56.2 Å². The Labute approximate surface area is 122 Å². The molecule has 2 heterocycles. The Bertz CT molecular complexity index is 458. The van der Waals surface area contributed by atoms with Gasteiger partial charge in [-0.05, 0) is 33.0 Å². The summed E-state index contributed by atoms with van der Waals surface area (Å²) in [6.45, 7) is 2.16. The van der Waals surface area contributed by atoms with Crippen LogP contribution >= 0.6 is 22.9 Å². The number of esters is 1. The van der Waals surface area contributed by atoms with Gasteiger partial charge in [-0.2, -0.15) is 0 Å². The first-order chi connectivity index (χ1) is 9.02. The van der Waals surface area contributed by atoms with Crippen LogP contribution in [-0.2, 0) is 4.74 Å². The molecule has 1 aromatic rings. The number of nitrogens with zero attached hydrogens (tertiary/aromatic N) is 3. The van der Waals surface area contributed by atoms with Crippen LogP contribution in [0.3, 0.4) is 0 Å². The molecule has 2 rings (SSSR count). The summed E-state index contributed by atoms with van der Waals surface area (Å²) in [6.07, 6.45) is 2.19. The molecule has 0 spiro atoms. The maximum atomic E-state index is 11.5. The summed E-state index contributed by atoms with van der Waals surface area (Å²) in [5, 5.41) is 1.01. The second-order valence-corrected chi connectivity index (χ2v) is 6.09. The summed E-state index contributed by atoms with van der Waals surface area (Å²) in [7, 11) is 5.48. The highest BCUT2D eigenvalue weighted by Crippen LogP contribution is 2.32. The highest BCUT2D eigenvalue weighted by molar-refractivity contribution is 7.18. The fraction of sp³-hybridized carbons (Fsp3) is 0.667. The molecule has 1 aliphatic rings. The topological polar surface area (TPSA) is 45.7 Å². The third kappa shape index (κ3) is 3.19. The zero-order valence-corrected chi connectivity index (χ0v) is 12.9. The molecular weight excluding hydrogens is 286 g/mol. The monoisotopic (exact) mass is 303 g/mol. The summed E-state index contributed by atoms with van der Waals surface area (Å²) in [5.41, 5.74) is 0. The highest BCUT2D eigenvalue weighted by atomic mass is 35.5. The van der Waals surface area contributed by atoms with Crippen LogP contribution < -0.4 is 4.90 Å². The van der Waals surface area contributed by atoms with Gasteiger partial charge in [0.1, 0.15) is 0 Å². The number of methoxy groups -OCH3 is 1. The maximum absolute atomic E-state index is 11.5. The summed E-state index contributed by atoms with van der Waals surface area (Å²) < 4.78 is 4.69. The number of rotatable bonds is 3. The van der Waals surface area contributed by atoms with Gasteiger partial charge in [0.2, 0.25) is 0 Å². The molecule has 106 valence electrons. The van der Waals surface area contributed by atoms with E-state index < -0.39 is 5.97 Å². The van der Waals surface area contributed by atoms with Crippen molar-refractivity contribution < 1.29 is 9.53 Å². The van der Waals surface area contributed by atoms with Gasteiger partial charge >= 0.3 is 5.97 Å². The van der Waals surface area contributed by atoms with Crippen molar-refractivity contribution in [1.82, 2.24) is 9.88 Å². The van der Waals surface area contributed by atoms with Gasteiger partial charge in [-0.3, -0.25) is 0 Å². The van der Waals surface area contributed by atoms with Gasteiger partial charge < -0.3 is 14.5 Å². The molecule has 0 amide bonds. The van der Waals surface area contributed by atoms with Crippen LogP contribution in [0.15, 0.2) is 0 Å². The molecule has 1 aromatic heterocycles. The van der Waals surface area contributed by atoms with Crippen LogP contribution in [0, 0.1) is 0 Å². The average molecular weight is 304 g/mol. The number of likely N-dealkylation sites (tertiary alicyclic amines) is 1. The fourth-order valence-electron chi connectivity index (χ4n) is 2.20. The van der Waals surface area contributed by atoms with E-state index in [4.69, 9.17) is 16.3 Å². The third-order valence-electron chi connectivity index (χ3n) is 3.48. The average Bonchev–Trinajstić information content (AvgIpc) is 2.80. The summed E-state index contributed by atoms with van der Waals surface area (Å²) in [6, 6.07) is 0.448. The lowest BCUT2D eigenvalue weighted by Crippen LogP contribution is -2.41. The van der Waals surface area contributed by atoms with Crippen LogP contribution in [0.5, 0.6) is 0 Å². The van der Waals surface area contributed by atoms with E-state index in [1.807, 2.05) is 7.05 Å². The van der Waals surface area contributed by atoms with E-state index in [-0.39, 0.29) is 5.15 Å². The molecule has 7 heteroatoms. The lowest BCUT2D eigenvalue weighted by atomic mass is 10.0. The van der Waals surface area contributed by atoms with E-state index in [1.165, 1.54) is 18.4 Å². The van der Waals surface area contributed by atoms with Gasteiger partial charge in [0.25, 0.3) is 0 Å². The van der Waals surface area contributed by atoms with Crippen molar-refractivity contribution in [1.29, 1.82) is 0 Å². The molecule has 0 aliphatic carbocycles. The number of thiazole rings is 1. The molecule has 0 saturated carbocycles. The molecule has 1 aliphatic heterocycles. The minimum atomic E-state index is -0.425. The predicted molar refractivity (Wildman–Crippen MR) is 77.4 cm³/mol. The Morgan fingerprint density at radius 1 is 1.53 bits per heavy atom. The van der Waals surface area contributed by atoms with Gasteiger partial charge in [-0.1, -0.05) is 22.9 Å². The van der Waals surface area contributed by atoms with E-state index in [2.05, 4.69) is 21.8 Å². The Kier molecular flexibility index (Phi) is 4.65. The second kappa shape index (κ2) is 6.07. The van der Waals surface area contributed by atoms with Gasteiger partial charge in [0, 0.05) is 13.1 Å². The van der Waals surface area contributed by atoms with E-state index in [9.17, 15) is 4.79 Å². The minimum absolute atomic E-state index is 0.228. The van der Waals surface area contributed by atoms with E-state index in [0.29, 0.717) is 10.9 Å². The predicted octanol–water partition coefficient (Wildman–Crippen LogP) is 2.11. The standard InChI is InChI=1S/C12H18ClN3O2S/c1-15-6-4-8(5-7-15)16(2)12-14-10(13)9(19-12)11(17)18-3/h8H,4-7H2,1-3H3. The Morgan fingerprint density at radius 3 is 2.74 bits per heavy atom. The third-order valence-corrected chi connectivity index (χ3v) is 4.99. The molecule has 5 nitrogen and oxygen atoms in total. The summed E-state index contributed by atoms with van der Waals surface area (Å²) >= 11 is 7.28. The van der Waals surface area contributed by atoms with Crippen molar-refractivity contribution in [2.45, 2.75) is 18.9 Å². The minimum Gasteiger partial charge on any atom is -0.465 e. The lowest BCUT2D eigenvalue weighted by Gasteiger charge is -2.34. The molecule has 0 aromatic carbocycles. The Morgan fingerprint density at radius 2 is 2.16 bits per heavy atom. The SMILES string of the molecule is COC(=O)c1sc(N(C)C2CCN(C)CC2)nc1Cl. The molecular formula is C12H18ClN3O2S. The first kappa shape index (κ1) is 14.6. The molecule has 0 N–H and O–H groups in total. The van der Waals surface area contributed by atoms with Crippen LogP contribution in [0.2, 0.25) is 5.15 Å².